The summed E-state index contributed by atoms with van der Waals surface area (Å²) in [5, 5.41) is 8.38. The molecule has 4 aromatic rings. The predicted octanol–water partition coefficient (Wildman–Crippen LogP) is 4.74. The Morgan fingerprint density at radius 3 is 2.57 bits per heavy atom. The number of alkyl halides is 3. The van der Waals surface area contributed by atoms with Gasteiger partial charge in [0, 0.05) is 23.5 Å². The summed E-state index contributed by atoms with van der Waals surface area (Å²) >= 11 is 0. The molecular weight excluding hydrogens is 367 g/mol. The van der Waals surface area contributed by atoms with Crippen molar-refractivity contribution in [3.05, 3.63) is 65.7 Å². The Morgan fingerprint density at radius 2 is 1.82 bits per heavy atom. The summed E-state index contributed by atoms with van der Waals surface area (Å²) in [6.07, 6.45) is -0.541. The molecule has 0 N–H and O–H groups in total. The Labute approximate surface area is 158 Å². The van der Waals surface area contributed by atoms with Crippen molar-refractivity contribution in [3.63, 3.8) is 0 Å². The fourth-order valence-corrected chi connectivity index (χ4v) is 3.06. The van der Waals surface area contributed by atoms with Crippen LogP contribution >= 0.6 is 0 Å². The third-order valence-electron chi connectivity index (χ3n) is 4.52. The van der Waals surface area contributed by atoms with Crippen LogP contribution in [-0.4, -0.2) is 24.6 Å². The van der Waals surface area contributed by atoms with Crippen LogP contribution in [0.5, 0.6) is 0 Å². The molecule has 0 spiro atoms. The van der Waals surface area contributed by atoms with Crippen LogP contribution in [0.25, 0.3) is 28.3 Å². The number of rotatable bonds is 3. The fraction of sp³-hybridized carbons (Fsp3) is 0.200. The maximum absolute atomic E-state index is 13.0. The second kappa shape index (κ2) is 6.70. The second-order valence-corrected chi connectivity index (χ2v) is 6.45. The van der Waals surface area contributed by atoms with Crippen molar-refractivity contribution in [2.75, 3.05) is 0 Å². The molecule has 0 saturated heterocycles. The Balaban J connectivity index is 1.81. The summed E-state index contributed by atoms with van der Waals surface area (Å²) in [4.78, 5) is 8.77. The smallest absolute Gasteiger partial charge is 0.264 e. The normalized spacial score (nSPS) is 11.9. The van der Waals surface area contributed by atoms with Crippen molar-refractivity contribution < 1.29 is 13.2 Å². The first-order valence-corrected chi connectivity index (χ1v) is 8.71. The van der Waals surface area contributed by atoms with E-state index in [0.717, 1.165) is 23.4 Å². The quantitative estimate of drug-likeness (QED) is 0.513. The Hall–Kier alpha value is -3.29. The van der Waals surface area contributed by atoms with Gasteiger partial charge in [-0.1, -0.05) is 19.1 Å². The number of hydrogen-bond donors (Lipinski definition) is 0. The minimum absolute atomic E-state index is 0.465. The molecule has 0 unspecified atom stereocenters. The molecule has 0 radical (unpaired) electrons. The zero-order valence-electron chi connectivity index (χ0n) is 15.2. The number of hydrogen-bond acceptors (Lipinski definition) is 4. The van der Waals surface area contributed by atoms with Gasteiger partial charge in [-0.25, -0.2) is 4.98 Å². The molecule has 1 aromatic carbocycles. The molecule has 0 aliphatic heterocycles. The average Bonchev–Trinajstić information content (AvgIpc) is 3.09. The molecule has 8 heteroatoms. The number of fused-ring (bicyclic) bond motifs is 1. The molecule has 3 heterocycles. The first-order valence-electron chi connectivity index (χ1n) is 8.71. The van der Waals surface area contributed by atoms with Gasteiger partial charge in [-0.3, -0.25) is 9.38 Å². The van der Waals surface area contributed by atoms with Gasteiger partial charge in [0.1, 0.15) is 12.0 Å². The molecule has 0 fully saturated rings. The largest absolute Gasteiger partial charge is 0.416 e. The molecule has 28 heavy (non-hydrogen) atoms. The number of aryl methyl sites for hydroxylation is 2. The summed E-state index contributed by atoms with van der Waals surface area (Å²) in [5.41, 5.74) is 3.39. The van der Waals surface area contributed by atoms with Crippen molar-refractivity contribution in [2.45, 2.75) is 26.4 Å². The molecule has 0 atom stereocenters. The zero-order valence-corrected chi connectivity index (χ0v) is 15.2. The van der Waals surface area contributed by atoms with E-state index in [9.17, 15) is 13.2 Å². The molecule has 0 saturated carbocycles. The molecule has 142 valence electrons. The topological polar surface area (TPSA) is 56.0 Å². The molecule has 0 aliphatic carbocycles. The Morgan fingerprint density at radius 1 is 1.00 bits per heavy atom. The van der Waals surface area contributed by atoms with Crippen LogP contribution < -0.4 is 0 Å². The lowest BCUT2D eigenvalue weighted by Crippen LogP contribution is -2.04. The first kappa shape index (κ1) is 18.1. The second-order valence-electron chi connectivity index (χ2n) is 6.45. The SMILES string of the molecule is CCc1cc(-c2cccc(C(F)(F)F)c2)cnc1-c1nnc2cc(C)ncn12. The van der Waals surface area contributed by atoms with Crippen molar-refractivity contribution >= 4 is 5.65 Å². The maximum Gasteiger partial charge on any atom is 0.416 e. The van der Waals surface area contributed by atoms with Gasteiger partial charge in [0.05, 0.1) is 5.56 Å². The van der Waals surface area contributed by atoms with E-state index in [-0.39, 0.29) is 0 Å². The van der Waals surface area contributed by atoms with Gasteiger partial charge in [-0.15, -0.1) is 10.2 Å². The summed E-state index contributed by atoms with van der Waals surface area (Å²) in [6, 6.07) is 8.90. The number of pyridine rings is 1. The van der Waals surface area contributed by atoms with Gasteiger partial charge in [0.2, 0.25) is 0 Å². The lowest BCUT2D eigenvalue weighted by Gasteiger charge is -2.11. The molecule has 4 rings (SSSR count). The van der Waals surface area contributed by atoms with Gasteiger partial charge in [-0.05, 0) is 42.7 Å². The van der Waals surface area contributed by atoms with Crippen LogP contribution in [0.2, 0.25) is 0 Å². The van der Waals surface area contributed by atoms with Crippen LogP contribution in [0.3, 0.4) is 0 Å². The summed E-state index contributed by atoms with van der Waals surface area (Å²) < 4.78 is 40.8. The van der Waals surface area contributed by atoms with E-state index in [1.807, 2.05) is 26.0 Å². The van der Waals surface area contributed by atoms with E-state index in [4.69, 9.17) is 0 Å². The molecule has 0 amide bonds. The van der Waals surface area contributed by atoms with E-state index in [1.165, 1.54) is 6.07 Å². The highest BCUT2D eigenvalue weighted by atomic mass is 19.4. The summed E-state index contributed by atoms with van der Waals surface area (Å²) in [7, 11) is 0. The molecule has 3 aromatic heterocycles. The van der Waals surface area contributed by atoms with Crippen molar-refractivity contribution in [2.24, 2.45) is 0 Å². The Bertz CT molecular complexity index is 1160. The van der Waals surface area contributed by atoms with Crippen molar-refractivity contribution in [1.82, 2.24) is 24.6 Å². The van der Waals surface area contributed by atoms with E-state index in [2.05, 4.69) is 20.2 Å². The van der Waals surface area contributed by atoms with Crippen LogP contribution in [0.4, 0.5) is 13.2 Å². The van der Waals surface area contributed by atoms with E-state index in [1.54, 1.807) is 23.0 Å². The standard InChI is InChI=1S/C20H16F3N5/c1-3-13-8-15(14-5-4-6-16(9-14)20(21,22)23)10-24-18(13)19-27-26-17-7-12(2)25-11-28(17)19/h4-11H,3H2,1-2H3. The first-order chi connectivity index (χ1) is 13.4. The molecular formula is C20H16F3N5. The third-order valence-corrected chi connectivity index (χ3v) is 4.52. The van der Waals surface area contributed by atoms with Crippen LogP contribution in [0.15, 0.2) is 48.9 Å². The van der Waals surface area contributed by atoms with Crippen LogP contribution in [0, 0.1) is 6.92 Å². The predicted molar refractivity (Wildman–Crippen MR) is 98.6 cm³/mol. The highest BCUT2D eigenvalue weighted by Crippen LogP contribution is 2.33. The fourth-order valence-electron chi connectivity index (χ4n) is 3.06. The van der Waals surface area contributed by atoms with Crippen LogP contribution in [0.1, 0.15) is 23.7 Å². The van der Waals surface area contributed by atoms with Gasteiger partial charge < -0.3 is 0 Å². The summed E-state index contributed by atoms with van der Waals surface area (Å²) in [6.45, 7) is 3.83. The van der Waals surface area contributed by atoms with Crippen molar-refractivity contribution in [3.8, 4) is 22.6 Å². The minimum Gasteiger partial charge on any atom is -0.264 e. The van der Waals surface area contributed by atoms with Crippen molar-refractivity contribution in [1.29, 1.82) is 0 Å². The van der Waals surface area contributed by atoms with Gasteiger partial charge >= 0.3 is 6.18 Å². The van der Waals surface area contributed by atoms with E-state index < -0.39 is 11.7 Å². The lowest BCUT2D eigenvalue weighted by atomic mass is 10.0. The molecule has 5 nitrogen and oxygen atoms in total. The number of benzene rings is 1. The lowest BCUT2D eigenvalue weighted by molar-refractivity contribution is -0.137. The molecule has 0 aliphatic rings. The number of halogens is 3. The van der Waals surface area contributed by atoms with E-state index >= 15 is 0 Å². The van der Waals surface area contributed by atoms with E-state index in [0.29, 0.717) is 34.7 Å². The highest BCUT2D eigenvalue weighted by molar-refractivity contribution is 5.69. The van der Waals surface area contributed by atoms with Gasteiger partial charge in [0.25, 0.3) is 0 Å². The number of aromatic nitrogens is 5. The average molecular weight is 383 g/mol. The monoisotopic (exact) mass is 383 g/mol. The van der Waals surface area contributed by atoms with Crippen LogP contribution in [-0.2, 0) is 12.6 Å². The molecule has 0 bridgehead atoms. The highest BCUT2D eigenvalue weighted by Gasteiger charge is 2.30. The van der Waals surface area contributed by atoms with Gasteiger partial charge in [0.15, 0.2) is 11.5 Å². The minimum atomic E-state index is -4.39. The van der Waals surface area contributed by atoms with Gasteiger partial charge in [-0.2, -0.15) is 13.2 Å². The zero-order chi connectivity index (χ0) is 19.9. The third kappa shape index (κ3) is 3.21. The maximum atomic E-state index is 13.0. The Kier molecular flexibility index (Phi) is 4.33. The summed E-state index contributed by atoms with van der Waals surface area (Å²) in [5.74, 6) is 0.551. The number of nitrogens with zero attached hydrogens (tertiary/aromatic N) is 5.